The summed E-state index contributed by atoms with van der Waals surface area (Å²) in [7, 11) is 0. The molecule has 2 aromatic rings. The van der Waals surface area contributed by atoms with E-state index in [1.165, 1.54) is 19.3 Å². The van der Waals surface area contributed by atoms with Gasteiger partial charge < -0.3 is 15.5 Å². The Morgan fingerprint density at radius 3 is 2.65 bits per heavy atom. The van der Waals surface area contributed by atoms with Crippen molar-refractivity contribution in [2.75, 3.05) is 19.6 Å². The number of fused-ring (bicyclic) bond motifs is 1. The van der Waals surface area contributed by atoms with Gasteiger partial charge in [-0.1, -0.05) is 62.7 Å². The lowest BCUT2D eigenvalue weighted by Crippen LogP contribution is -2.50. The van der Waals surface area contributed by atoms with Gasteiger partial charge in [-0.2, -0.15) is 0 Å². The second-order valence-corrected chi connectivity index (χ2v) is 9.13. The number of hydrogen-bond acceptors (Lipinski definition) is 3. The number of nitrogens with zero attached hydrogens (tertiary/aromatic N) is 1. The number of piperidine rings is 1. The molecule has 1 saturated heterocycles. The van der Waals surface area contributed by atoms with E-state index in [4.69, 9.17) is 0 Å². The smallest absolute Gasteiger partial charge is 0.242 e. The number of benzene rings is 2. The minimum absolute atomic E-state index is 0.0265. The molecule has 0 unspecified atom stereocenters. The maximum absolute atomic E-state index is 12.8. The van der Waals surface area contributed by atoms with Crippen molar-refractivity contribution >= 4 is 22.6 Å². The van der Waals surface area contributed by atoms with Crippen LogP contribution < -0.4 is 10.6 Å². The van der Waals surface area contributed by atoms with E-state index >= 15 is 0 Å². The summed E-state index contributed by atoms with van der Waals surface area (Å²) in [6.07, 6.45) is 5.07. The molecule has 31 heavy (non-hydrogen) atoms. The van der Waals surface area contributed by atoms with E-state index < -0.39 is 6.04 Å². The van der Waals surface area contributed by atoms with Crippen molar-refractivity contribution in [3.05, 3.63) is 48.0 Å². The molecule has 0 bridgehead atoms. The zero-order chi connectivity index (χ0) is 22.2. The second kappa shape index (κ2) is 11.3. The number of carbonyl (C=O) groups is 2. The quantitative estimate of drug-likeness (QED) is 0.601. The molecule has 168 valence electrons. The molecule has 5 heteroatoms. The highest BCUT2D eigenvalue weighted by Gasteiger charge is 2.24. The van der Waals surface area contributed by atoms with Crippen LogP contribution in [0.2, 0.25) is 0 Å². The van der Waals surface area contributed by atoms with Crippen LogP contribution in [0.3, 0.4) is 0 Å². The number of likely N-dealkylation sites (tertiary alicyclic amines) is 1. The lowest BCUT2D eigenvalue weighted by Gasteiger charge is -2.33. The summed E-state index contributed by atoms with van der Waals surface area (Å²) in [6.45, 7) is 9.05. The molecule has 1 heterocycles. The van der Waals surface area contributed by atoms with Gasteiger partial charge in [0.15, 0.2) is 0 Å². The third kappa shape index (κ3) is 6.54. The Bertz CT molecular complexity index is 875. The molecule has 1 aliphatic rings. The van der Waals surface area contributed by atoms with Gasteiger partial charge in [-0.05, 0) is 55.0 Å². The van der Waals surface area contributed by atoms with Crippen LogP contribution in [0, 0.1) is 5.92 Å². The number of rotatable bonds is 9. The topological polar surface area (TPSA) is 61.4 Å². The Labute approximate surface area is 186 Å². The van der Waals surface area contributed by atoms with Crippen LogP contribution in [-0.4, -0.2) is 48.4 Å². The van der Waals surface area contributed by atoms with E-state index in [9.17, 15) is 9.59 Å². The number of hydrogen-bond donors (Lipinski definition) is 2. The minimum Gasteiger partial charge on any atom is -0.354 e. The molecule has 3 rings (SSSR count). The van der Waals surface area contributed by atoms with Crippen LogP contribution in [0.4, 0.5) is 0 Å². The van der Waals surface area contributed by atoms with Gasteiger partial charge in [0.1, 0.15) is 6.04 Å². The van der Waals surface area contributed by atoms with E-state index in [2.05, 4.69) is 22.5 Å². The van der Waals surface area contributed by atoms with Crippen LogP contribution in [-0.2, 0) is 16.0 Å². The predicted molar refractivity (Wildman–Crippen MR) is 127 cm³/mol. The van der Waals surface area contributed by atoms with Crippen LogP contribution >= 0.6 is 0 Å². The first-order valence-corrected chi connectivity index (χ1v) is 11.7. The summed E-state index contributed by atoms with van der Waals surface area (Å²) in [5, 5.41) is 8.20. The van der Waals surface area contributed by atoms with Crippen molar-refractivity contribution < 1.29 is 9.59 Å². The molecule has 2 amide bonds. The van der Waals surface area contributed by atoms with Gasteiger partial charge >= 0.3 is 0 Å². The van der Waals surface area contributed by atoms with Crippen molar-refractivity contribution in [1.82, 2.24) is 15.5 Å². The molecule has 2 N–H and O–H groups in total. The van der Waals surface area contributed by atoms with Gasteiger partial charge in [0.25, 0.3) is 0 Å². The van der Waals surface area contributed by atoms with Crippen molar-refractivity contribution in [1.29, 1.82) is 0 Å². The molecular formula is C26H37N3O2. The Balaban J connectivity index is 1.50. The molecule has 1 fully saturated rings. The first kappa shape index (κ1) is 23.3. The van der Waals surface area contributed by atoms with Crippen LogP contribution in [0.15, 0.2) is 42.5 Å². The molecule has 5 nitrogen and oxygen atoms in total. The van der Waals surface area contributed by atoms with E-state index in [0.717, 1.165) is 35.8 Å². The lowest BCUT2D eigenvalue weighted by molar-refractivity contribution is -0.129. The third-order valence-electron chi connectivity index (χ3n) is 6.36. The summed E-state index contributed by atoms with van der Waals surface area (Å²) < 4.78 is 0. The average Bonchev–Trinajstić information content (AvgIpc) is 2.76. The third-order valence-corrected chi connectivity index (χ3v) is 6.36. The zero-order valence-corrected chi connectivity index (χ0v) is 19.2. The first-order chi connectivity index (χ1) is 15.0. The van der Waals surface area contributed by atoms with Crippen LogP contribution in [0.25, 0.3) is 10.8 Å². The molecule has 1 aliphatic heterocycles. The van der Waals surface area contributed by atoms with E-state index in [1.54, 1.807) is 0 Å². The molecule has 0 aromatic heterocycles. The molecule has 0 aliphatic carbocycles. The monoisotopic (exact) mass is 423 g/mol. The number of amides is 2. The van der Waals surface area contributed by atoms with Gasteiger partial charge in [0.05, 0.1) is 6.42 Å². The Morgan fingerprint density at radius 1 is 1.10 bits per heavy atom. The van der Waals surface area contributed by atoms with Crippen molar-refractivity contribution in [2.45, 2.75) is 65.0 Å². The van der Waals surface area contributed by atoms with Gasteiger partial charge in [0, 0.05) is 19.1 Å². The van der Waals surface area contributed by atoms with Crippen LogP contribution in [0.1, 0.15) is 52.0 Å². The Hall–Kier alpha value is -2.40. The Morgan fingerprint density at radius 2 is 1.87 bits per heavy atom. The van der Waals surface area contributed by atoms with E-state index in [1.807, 2.05) is 56.3 Å². The number of nitrogens with one attached hydrogen (secondary N) is 2. The molecular weight excluding hydrogens is 386 g/mol. The fourth-order valence-electron chi connectivity index (χ4n) is 4.47. The highest BCUT2D eigenvalue weighted by Crippen LogP contribution is 2.19. The van der Waals surface area contributed by atoms with E-state index in [0.29, 0.717) is 12.6 Å². The Kier molecular flexibility index (Phi) is 8.47. The molecule has 2 atom stereocenters. The largest absolute Gasteiger partial charge is 0.354 e. The predicted octanol–water partition coefficient (Wildman–Crippen LogP) is 3.90. The molecule has 0 saturated carbocycles. The van der Waals surface area contributed by atoms with Gasteiger partial charge in [-0.3, -0.25) is 9.59 Å². The van der Waals surface area contributed by atoms with Crippen molar-refractivity contribution in [3.8, 4) is 0 Å². The highest BCUT2D eigenvalue weighted by atomic mass is 16.2. The summed E-state index contributed by atoms with van der Waals surface area (Å²) in [5.74, 6) is -0.182. The highest BCUT2D eigenvalue weighted by molar-refractivity contribution is 5.92. The maximum Gasteiger partial charge on any atom is 0.242 e. The zero-order valence-electron chi connectivity index (χ0n) is 19.2. The average molecular weight is 424 g/mol. The van der Waals surface area contributed by atoms with Crippen molar-refractivity contribution in [3.63, 3.8) is 0 Å². The second-order valence-electron chi connectivity index (χ2n) is 9.13. The summed E-state index contributed by atoms with van der Waals surface area (Å²) in [4.78, 5) is 28.0. The molecule has 0 radical (unpaired) electrons. The number of carbonyl (C=O) groups excluding carboxylic acids is 2. The molecule has 2 aromatic carbocycles. The molecule has 0 spiro atoms. The van der Waals surface area contributed by atoms with Crippen LogP contribution in [0.5, 0.6) is 0 Å². The lowest BCUT2D eigenvalue weighted by atomic mass is 10.00. The minimum atomic E-state index is -0.517. The summed E-state index contributed by atoms with van der Waals surface area (Å²) >= 11 is 0. The maximum atomic E-state index is 12.8. The van der Waals surface area contributed by atoms with Gasteiger partial charge in [-0.15, -0.1) is 0 Å². The standard InChI is InChI=1S/C26H37N3O2/c1-19(2)25(26(31)27-15-9-17-29-16-7-6-10-20(29)3)28-24(30)18-22-13-8-12-21-11-4-5-14-23(21)22/h4-5,8,11-14,19-20,25H,6-7,9-10,15-18H2,1-3H3,(H,27,31)(H,28,30)/t20-,25-/m0/s1. The van der Waals surface area contributed by atoms with E-state index in [-0.39, 0.29) is 24.2 Å². The first-order valence-electron chi connectivity index (χ1n) is 11.7. The fourth-order valence-corrected chi connectivity index (χ4v) is 4.47. The summed E-state index contributed by atoms with van der Waals surface area (Å²) in [6, 6.07) is 14.2. The van der Waals surface area contributed by atoms with Gasteiger partial charge in [-0.25, -0.2) is 0 Å². The fraction of sp³-hybridized carbons (Fsp3) is 0.538. The SMILES string of the molecule is CC(C)[C@H](NC(=O)Cc1cccc2ccccc12)C(=O)NCCCN1CCCC[C@@H]1C. The van der Waals surface area contributed by atoms with Gasteiger partial charge in [0.2, 0.25) is 11.8 Å². The normalized spacial score (nSPS) is 18.1. The van der Waals surface area contributed by atoms with Crippen molar-refractivity contribution in [2.24, 2.45) is 5.92 Å². The summed E-state index contributed by atoms with van der Waals surface area (Å²) in [5.41, 5.74) is 0.981.